The summed E-state index contributed by atoms with van der Waals surface area (Å²) in [6.07, 6.45) is 3.44. The molecule has 2 heterocycles. The molecule has 3 aromatic rings. The Morgan fingerprint density at radius 1 is 1.30 bits per heavy atom. The highest BCUT2D eigenvalue weighted by molar-refractivity contribution is 5.92. The van der Waals surface area contributed by atoms with E-state index in [0.717, 1.165) is 16.6 Å². The van der Waals surface area contributed by atoms with E-state index in [0.29, 0.717) is 11.4 Å². The van der Waals surface area contributed by atoms with Crippen LogP contribution in [0.4, 0.5) is 5.69 Å². The lowest BCUT2D eigenvalue weighted by atomic mass is 10.1. The lowest BCUT2D eigenvalue weighted by Crippen LogP contribution is -2.18. The van der Waals surface area contributed by atoms with E-state index in [-0.39, 0.29) is 5.91 Å². The van der Waals surface area contributed by atoms with Crippen LogP contribution in [0.5, 0.6) is 0 Å². The van der Waals surface area contributed by atoms with Crippen molar-refractivity contribution in [3.8, 4) is 5.69 Å². The molecular weight excluding hydrogens is 254 g/mol. The molecule has 0 aliphatic carbocycles. The second kappa shape index (κ2) is 4.65. The molecule has 0 aliphatic heterocycles. The van der Waals surface area contributed by atoms with Crippen LogP contribution < -0.4 is 11.1 Å². The number of benzene rings is 1. The highest BCUT2D eigenvalue weighted by Crippen LogP contribution is 2.22. The fourth-order valence-corrected chi connectivity index (χ4v) is 2.06. The first-order chi connectivity index (χ1) is 9.69. The van der Waals surface area contributed by atoms with Gasteiger partial charge in [0, 0.05) is 30.5 Å². The molecule has 0 bridgehead atoms. The molecule has 0 radical (unpaired) electrons. The SMILES string of the molecule is CNC(=O)c1ccn(-c2ccnc3cc(N)ccc23)n1. The standard InChI is InChI=1S/C14H13N5O/c1-16-14(20)11-5-7-19(18-11)13-4-6-17-12-8-9(15)2-3-10(12)13/h2-8H,15H2,1H3,(H,16,20). The van der Waals surface area contributed by atoms with Crippen LogP contribution in [0.1, 0.15) is 10.5 Å². The molecule has 0 fully saturated rings. The van der Waals surface area contributed by atoms with Crippen molar-refractivity contribution >= 4 is 22.5 Å². The Balaban J connectivity index is 2.14. The number of hydrogen-bond donors (Lipinski definition) is 2. The number of nitrogens with zero attached hydrogens (tertiary/aromatic N) is 3. The average molecular weight is 267 g/mol. The summed E-state index contributed by atoms with van der Waals surface area (Å²) in [5.74, 6) is -0.216. The lowest BCUT2D eigenvalue weighted by molar-refractivity contribution is 0.0958. The van der Waals surface area contributed by atoms with Gasteiger partial charge >= 0.3 is 0 Å². The molecular formula is C14H13N5O. The fraction of sp³-hybridized carbons (Fsp3) is 0.0714. The van der Waals surface area contributed by atoms with Gasteiger partial charge in [-0.05, 0) is 30.3 Å². The molecule has 0 unspecified atom stereocenters. The van der Waals surface area contributed by atoms with Crippen LogP contribution in [-0.2, 0) is 0 Å². The van der Waals surface area contributed by atoms with Gasteiger partial charge in [0.05, 0.1) is 11.2 Å². The number of hydrogen-bond acceptors (Lipinski definition) is 4. The number of aromatic nitrogens is 3. The molecule has 1 amide bonds. The maximum Gasteiger partial charge on any atom is 0.271 e. The van der Waals surface area contributed by atoms with Gasteiger partial charge in [-0.15, -0.1) is 0 Å². The molecule has 0 atom stereocenters. The quantitative estimate of drug-likeness (QED) is 0.686. The van der Waals surface area contributed by atoms with Gasteiger partial charge in [0.1, 0.15) is 0 Å². The zero-order chi connectivity index (χ0) is 14.1. The van der Waals surface area contributed by atoms with Crippen molar-refractivity contribution < 1.29 is 4.79 Å². The number of nitrogens with one attached hydrogen (secondary N) is 1. The van der Waals surface area contributed by atoms with Gasteiger partial charge in [-0.3, -0.25) is 9.78 Å². The third-order valence-corrected chi connectivity index (χ3v) is 3.04. The van der Waals surface area contributed by atoms with E-state index < -0.39 is 0 Å². The molecule has 3 N–H and O–H groups in total. The van der Waals surface area contributed by atoms with Gasteiger partial charge in [-0.2, -0.15) is 5.10 Å². The molecule has 0 spiro atoms. The minimum Gasteiger partial charge on any atom is -0.399 e. The largest absolute Gasteiger partial charge is 0.399 e. The third kappa shape index (κ3) is 1.97. The molecule has 20 heavy (non-hydrogen) atoms. The van der Waals surface area contributed by atoms with Crippen LogP contribution in [0.15, 0.2) is 42.7 Å². The van der Waals surface area contributed by atoms with Crippen molar-refractivity contribution in [3.05, 3.63) is 48.4 Å². The maximum atomic E-state index is 11.6. The Morgan fingerprint density at radius 2 is 2.15 bits per heavy atom. The van der Waals surface area contributed by atoms with Gasteiger partial charge < -0.3 is 11.1 Å². The summed E-state index contributed by atoms with van der Waals surface area (Å²) in [6.45, 7) is 0. The van der Waals surface area contributed by atoms with Crippen LogP contribution in [0.25, 0.3) is 16.6 Å². The molecule has 2 aromatic heterocycles. The topological polar surface area (TPSA) is 85.8 Å². The van der Waals surface area contributed by atoms with E-state index >= 15 is 0 Å². The lowest BCUT2D eigenvalue weighted by Gasteiger charge is -2.06. The number of nitrogens with two attached hydrogens (primary N) is 1. The Bertz CT molecular complexity index is 793. The minimum atomic E-state index is -0.216. The average Bonchev–Trinajstić information content (AvgIpc) is 2.95. The Hall–Kier alpha value is -2.89. The van der Waals surface area contributed by atoms with Crippen molar-refractivity contribution in [1.82, 2.24) is 20.1 Å². The maximum absolute atomic E-state index is 11.6. The second-order valence-corrected chi connectivity index (χ2v) is 4.33. The number of amides is 1. The van der Waals surface area contributed by atoms with Gasteiger partial charge in [0.2, 0.25) is 0 Å². The van der Waals surface area contributed by atoms with Crippen molar-refractivity contribution in [2.75, 3.05) is 12.8 Å². The first kappa shape index (κ1) is 12.2. The van der Waals surface area contributed by atoms with Gasteiger partial charge in [0.25, 0.3) is 5.91 Å². The molecule has 0 saturated heterocycles. The number of nitrogen functional groups attached to an aromatic ring is 1. The minimum absolute atomic E-state index is 0.216. The molecule has 6 nitrogen and oxygen atoms in total. The summed E-state index contributed by atoms with van der Waals surface area (Å²) >= 11 is 0. The molecule has 3 rings (SSSR count). The molecule has 1 aromatic carbocycles. The molecule has 0 aliphatic rings. The van der Waals surface area contributed by atoms with E-state index in [9.17, 15) is 4.79 Å². The second-order valence-electron chi connectivity index (χ2n) is 4.33. The summed E-state index contributed by atoms with van der Waals surface area (Å²) in [5, 5.41) is 7.74. The van der Waals surface area contributed by atoms with E-state index in [1.807, 2.05) is 24.3 Å². The van der Waals surface area contributed by atoms with Crippen LogP contribution in [0.3, 0.4) is 0 Å². The highest BCUT2D eigenvalue weighted by atomic mass is 16.1. The van der Waals surface area contributed by atoms with Crippen molar-refractivity contribution in [3.63, 3.8) is 0 Å². The monoisotopic (exact) mass is 267 g/mol. The van der Waals surface area contributed by atoms with Crippen LogP contribution in [0, 0.1) is 0 Å². The number of carbonyl (C=O) groups is 1. The number of carbonyl (C=O) groups excluding carboxylic acids is 1. The molecule has 6 heteroatoms. The van der Waals surface area contributed by atoms with E-state index in [2.05, 4.69) is 15.4 Å². The van der Waals surface area contributed by atoms with Gasteiger partial charge in [-0.25, -0.2) is 4.68 Å². The fourth-order valence-electron chi connectivity index (χ4n) is 2.06. The molecule has 100 valence electrons. The summed E-state index contributed by atoms with van der Waals surface area (Å²) < 4.78 is 1.66. The number of fused-ring (bicyclic) bond motifs is 1. The van der Waals surface area contributed by atoms with Crippen LogP contribution in [0.2, 0.25) is 0 Å². The van der Waals surface area contributed by atoms with Gasteiger partial charge in [-0.1, -0.05) is 0 Å². The van der Waals surface area contributed by atoms with E-state index in [1.165, 1.54) is 0 Å². The number of anilines is 1. The number of rotatable bonds is 2. The van der Waals surface area contributed by atoms with Crippen LogP contribution >= 0.6 is 0 Å². The van der Waals surface area contributed by atoms with Crippen LogP contribution in [-0.4, -0.2) is 27.7 Å². The zero-order valence-corrected chi connectivity index (χ0v) is 10.9. The van der Waals surface area contributed by atoms with Crippen molar-refractivity contribution in [2.45, 2.75) is 0 Å². The van der Waals surface area contributed by atoms with Crippen molar-refractivity contribution in [2.24, 2.45) is 0 Å². The first-order valence-corrected chi connectivity index (χ1v) is 6.11. The smallest absolute Gasteiger partial charge is 0.271 e. The Kier molecular flexibility index (Phi) is 2.83. The Morgan fingerprint density at radius 3 is 2.95 bits per heavy atom. The number of pyridine rings is 1. The zero-order valence-electron chi connectivity index (χ0n) is 10.9. The predicted octanol–water partition coefficient (Wildman–Crippen LogP) is 1.36. The summed E-state index contributed by atoms with van der Waals surface area (Å²) in [6, 6.07) is 9.04. The predicted molar refractivity (Wildman–Crippen MR) is 76.7 cm³/mol. The summed E-state index contributed by atoms with van der Waals surface area (Å²) in [7, 11) is 1.58. The summed E-state index contributed by atoms with van der Waals surface area (Å²) in [5.41, 5.74) is 8.43. The van der Waals surface area contributed by atoms with E-state index in [1.54, 1.807) is 30.2 Å². The normalized spacial score (nSPS) is 10.7. The highest BCUT2D eigenvalue weighted by Gasteiger charge is 2.10. The third-order valence-electron chi connectivity index (χ3n) is 3.04. The Labute approximate surface area is 115 Å². The first-order valence-electron chi connectivity index (χ1n) is 6.11. The summed E-state index contributed by atoms with van der Waals surface area (Å²) in [4.78, 5) is 15.8. The van der Waals surface area contributed by atoms with Gasteiger partial charge in [0.15, 0.2) is 5.69 Å². The van der Waals surface area contributed by atoms with Crippen molar-refractivity contribution in [1.29, 1.82) is 0 Å². The molecule has 0 saturated carbocycles. The van der Waals surface area contributed by atoms with E-state index in [4.69, 9.17) is 5.73 Å².